The lowest BCUT2D eigenvalue weighted by molar-refractivity contribution is -0.384. The zero-order valence-electron chi connectivity index (χ0n) is 13.0. The third-order valence-corrected chi connectivity index (χ3v) is 5.07. The van der Waals surface area contributed by atoms with Gasteiger partial charge in [-0.3, -0.25) is 19.9 Å². The van der Waals surface area contributed by atoms with Gasteiger partial charge in [-0.25, -0.2) is 0 Å². The van der Waals surface area contributed by atoms with Crippen molar-refractivity contribution in [2.45, 2.75) is 23.8 Å². The molecule has 1 atom stereocenters. The maximum Gasteiger partial charge on any atom is 0.269 e. The van der Waals surface area contributed by atoms with Crippen LogP contribution >= 0.6 is 11.8 Å². The van der Waals surface area contributed by atoms with Gasteiger partial charge < -0.3 is 4.90 Å². The molecule has 0 aliphatic carbocycles. The lowest BCUT2D eigenvalue weighted by Crippen LogP contribution is -2.31. The first kappa shape index (κ1) is 16.4. The van der Waals surface area contributed by atoms with Crippen LogP contribution in [-0.2, 0) is 4.79 Å². The minimum Gasteiger partial charge on any atom is -0.335 e. The van der Waals surface area contributed by atoms with E-state index >= 15 is 0 Å². The molecule has 2 aromatic rings. The normalized spacial score (nSPS) is 17.0. The van der Waals surface area contributed by atoms with Crippen molar-refractivity contribution in [3.63, 3.8) is 0 Å². The van der Waals surface area contributed by atoms with Crippen LogP contribution in [0.2, 0.25) is 0 Å². The number of non-ortho nitro benzene ring substituents is 1. The van der Waals surface area contributed by atoms with Gasteiger partial charge in [-0.05, 0) is 42.7 Å². The summed E-state index contributed by atoms with van der Waals surface area (Å²) in [5.41, 5.74) is 1.18. The van der Waals surface area contributed by atoms with E-state index in [4.69, 9.17) is 0 Å². The van der Waals surface area contributed by atoms with Crippen molar-refractivity contribution in [1.82, 2.24) is 9.88 Å². The van der Waals surface area contributed by atoms with E-state index in [1.54, 1.807) is 24.5 Å². The van der Waals surface area contributed by atoms with Crippen LogP contribution in [0.5, 0.6) is 0 Å². The summed E-state index contributed by atoms with van der Waals surface area (Å²) in [4.78, 5) is 29.6. The zero-order valence-corrected chi connectivity index (χ0v) is 13.8. The lowest BCUT2D eigenvalue weighted by Gasteiger charge is -2.25. The molecule has 0 saturated carbocycles. The van der Waals surface area contributed by atoms with Gasteiger partial charge in [-0.15, -0.1) is 11.8 Å². The Kier molecular flexibility index (Phi) is 5.10. The molecule has 0 unspecified atom stereocenters. The molecule has 1 saturated heterocycles. The van der Waals surface area contributed by atoms with Crippen molar-refractivity contribution in [3.8, 4) is 0 Å². The Hall–Kier alpha value is -2.41. The van der Waals surface area contributed by atoms with Gasteiger partial charge in [0.15, 0.2) is 0 Å². The van der Waals surface area contributed by atoms with Crippen LogP contribution in [0, 0.1) is 10.1 Å². The summed E-state index contributed by atoms with van der Waals surface area (Å²) in [6.07, 6.45) is 5.47. The number of nitrogens with zero attached hydrogens (tertiary/aromatic N) is 3. The van der Waals surface area contributed by atoms with E-state index < -0.39 is 4.92 Å². The van der Waals surface area contributed by atoms with Crippen LogP contribution in [0.25, 0.3) is 0 Å². The van der Waals surface area contributed by atoms with Crippen LogP contribution in [0.4, 0.5) is 5.69 Å². The van der Waals surface area contributed by atoms with E-state index in [0.29, 0.717) is 5.75 Å². The maximum absolute atomic E-state index is 12.6. The summed E-state index contributed by atoms with van der Waals surface area (Å²) in [5.74, 6) is 0.428. The van der Waals surface area contributed by atoms with Gasteiger partial charge >= 0.3 is 0 Å². The number of nitro groups is 1. The SMILES string of the molecule is O=C(CSc1ccc([N+](=O)[O-])cc1)N1CCC[C@@H]1c1ccncc1. The number of carbonyl (C=O) groups is 1. The third kappa shape index (κ3) is 3.73. The Morgan fingerprint density at radius 3 is 2.62 bits per heavy atom. The molecule has 1 aromatic carbocycles. The summed E-state index contributed by atoms with van der Waals surface area (Å²) < 4.78 is 0. The van der Waals surface area contributed by atoms with Gasteiger partial charge in [0.2, 0.25) is 5.91 Å². The van der Waals surface area contributed by atoms with Crippen molar-refractivity contribution < 1.29 is 9.72 Å². The minimum absolute atomic E-state index is 0.0583. The molecule has 0 N–H and O–H groups in total. The van der Waals surface area contributed by atoms with E-state index in [-0.39, 0.29) is 17.6 Å². The second kappa shape index (κ2) is 7.44. The fraction of sp³-hybridized carbons (Fsp3) is 0.294. The fourth-order valence-electron chi connectivity index (χ4n) is 2.89. The predicted molar refractivity (Wildman–Crippen MR) is 91.7 cm³/mol. The average molecular weight is 343 g/mol. The van der Waals surface area contributed by atoms with E-state index in [9.17, 15) is 14.9 Å². The Morgan fingerprint density at radius 1 is 1.25 bits per heavy atom. The van der Waals surface area contributed by atoms with Crippen molar-refractivity contribution in [2.24, 2.45) is 0 Å². The number of pyridine rings is 1. The summed E-state index contributed by atoms with van der Waals surface area (Å²) in [6, 6.07) is 10.3. The number of benzene rings is 1. The number of amides is 1. The van der Waals surface area contributed by atoms with E-state index in [1.807, 2.05) is 17.0 Å². The quantitative estimate of drug-likeness (QED) is 0.472. The number of hydrogen-bond acceptors (Lipinski definition) is 5. The van der Waals surface area contributed by atoms with Crippen LogP contribution < -0.4 is 0 Å². The third-order valence-electron chi connectivity index (χ3n) is 4.07. The molecule has 124 valence electrons. The Bertz CT molecular complexity index is 722. The van der Waals surface area contributed by atoms with Gasteiger partial charge in [0.1, 0.15) is 0 Å². The highest BCUT2D eigenvalue weighted by atomic mass is 32.2. The monoisotopic (exact) mass is 343 g/mol. The molecule has 24 heavy (non-hydrogen) atoms. The smallest absolute Gasteiger partial charge is 0.269 e. The molecule has 1 aliphatic rings. The Morgan fingerprint density at radius 2 is 1.96 bits per heavy atom. The number of nitro benzene ring substituents is 1. The topological polar surface area (TPSA) is 76.3 Å². The molecular weight excluding hydrogens is 326 g/mol. The van der Waals surface area contributed by atoms with Gasteiger partial charge in [-0.1, -0.05) is 0 Å². The van der Waals surface area contributed by atoms with Crippen molar-refractivity contribution in [3.05, 3.63) is 64.5 Å². The van der Waals surface area contributed by atoms with E-state index in [1.165, 1.54) is 23.9 Å². The number of carbonyl (C=O) groups excluding carboxylic acids is 1. The van der Waals surface area contributed by atoms with Gasteiger partial charge in [0.05, 0.1) is 16.7 Å². The van der Waals surface area contributed by atoms with Gasteiger partial charge in [-0.2, -0.15) is 0 Å². The molecule has 3 rings (SSSR count). The molecule has 1 fully saturated rings. The summed E-state index contributed by atoms with van der Waals surface area (Å²) >= 11 is 1.41. The van der Waals surface area contributed by atoms with Crippen molar-refractivity contribution in [2.75, 3.05) is 12.3 Å². The maximum atomic E-state index is 12.6. The van der Waals surface area contributed by atoms with Crippen molar-refractivity contribution >= 4 is 23.4 Å². The van der Waals surface area contributed by atoms with E-state index in [0.717, 1.165) is 29.8 Å². The highest BCUT2D eigenvalue weighted by molar-refractivity contribution is 8.00. The largest absolute Gasteiger partial charge is 0.335 e. The fourth-order valence-corrected chi connectivity index (χ4v) is 3.67. The Labute approximate surface area is 144 Å². The van der Waals surface area contributed by atoms with E-state index in [2.05, 4.69) is 4.98 Å². The van der Waals surface area contributed by atoms with Gasteiger partial charge in [0, 0.05) is 36.0 Å². The lowest BCUT2D eigenvalue weighted by atomic mass is 10.1. The average Bonchev–Trinajstić information content (AvgIpc) is 3.10. The molecular formula is C17H17N3O3S. The second-order valence-electron chi connectivity index (χ2n) is 5.57. The number of likely N-dealkylation sites (tertiary alicyclic amines) is 1. The van der Waals surface area contributed by atoms with Crippen LogP contribution in [0.3, 0.4) is 0 Å². The molecule has 0 spiro atoms. The zero-order chi connectivity index (χ0) is 16.9. The minimum atomic E-state index is -0.427. The van der Waals surface area contributed by atoms with Crippen molar-refractivity contribution in [1.29, 1.82) is 0 Å². The first-order chi connectivity index (χ1) is 11.6. The predicted octanol–water partition coefficient (Wildman–Crippen LogP) is 3.45. The first-order valence-electron chi connectivity index (χ1n) is 7.72. The summed E-state index contributed by atoms with van der Waals surface area (Å²) in [6.45, 7) is 0.770. The van der Waals surface area contributed by atoms with Crippen LogP contribution in [0.1, 0.15) is 24.4 Å². The molecule has 1 aliphatic heterocycles. The highest BCUT2D eigenvalue weighted by Gasteiger charge is 2.29. The highest BCUT2D eigenvalue weighted by Crippen LogP contribution is 2.32. The second-order valence-corrected chi connectivity index (χ2v) is 6.61. The number of aromatic nitrogens is 1. The molecule has 1 amide bonds. The molecule has 7 heteroatoms. The Balaban J connectivity index is 1.61. The molecule has 0 bridgehead atoms. The summed E-state index contributed by atoms with van der Waals surface area (Å²) in [5, 5.41) is 10.7. The molecule has 0 radical (unpaired) electrons. The number of thioether (sulfide) groups is 1. The number of hydrogen-bond donors (Lipinski definition) is 0. The molecule has 1 aromatic heterocycles. The summed E-state index contributed by atoms with van der Waals surface area (Å²) in [7, 11) is 0. The number of rotatable bonds is 5. The molecule has 2 heterocycles. The van der Waals surface area contributed by atoms with Gasteiger partial charge in [0.25, 0.3) is 5.69 Å². The standard InChI is InChI=1S/C17H17N3O3S/c21-17(12-24-15-5-3-14(4-6-15)20(22)23)19-11-1-2-16(19)13-7-9-18-10-8-13/h3-10,16H,1-2,11-12H2/t16-/m1/s1. The van der Waals surface area contributed by atoms with Crippen LogP contribution in [0.15, 0.2) is 53.7 Å². The first-order valence-corrected chi connectivity index (χ1v) is 8.70. The van der Waals surface area contributed by atoms with Crippen LogP contribution in [-0.4, -0.2) is 33.0 Å². The molecule has 6 nitrogen and oxygen atoms in total.